The van der Waals surface area contributed by atoms with Gasteiger partial charge in [0.1, 0.15) is 55.4 Å². The number of aliphatic hydroxyl groups is 7. The predicted octanol–water partition coefficient (Wildman–Crippen LogP) is 5.42. The monoisotopic (exact) mass is 919 g/mol. The molecule has 11 atom stereocenters. The summed E-state index contributed by atoms with van der Waals surface area (Å²) in [6.45, 7) is 2.19. The number of hydrogen-bond donors (Lipinski definition) is 7. The molecule has 0 aromatic carbocycles. The Balaban J connectivity index is 1.88. The first kappa shape index (κ1) is 57.5. The number of rotatable bonds is 33. The summed E-state index contributed by atoms with van der Waals surface area (Å²) in [5, 5.41) is 71.9. The smallest absolute Gasteiger partial charge is 0.306 e. The van der Waals surface area contributed by atoms with E-state index < -0.39 is 99.3 Å². The molecule has 2 aliphatic heterocycles. The van der Waals surface area contributed by atoms with Crippen LogP contribution in [0.5, 0.6) is 0 Å². The third-order valence-electron chi connectivity index (χ3n) is 10.4. The number of hydrogen-bond acceptors (Lipinski definition) is 15. The van der Waals surface area contributed by atoms with Crippen LogP contribution in [0.3, 0.4) is 0 Å². The van der Waals surface area contributed by atoms with E-state index in [1.807, 2.05) is 54.7 Å². The van der Waals surface area contributed by atoms with Gasteiger partial charge in [-0.3, -0.25) is 9.59 Å². The fourth-order valence-corrected chi connectivity index (χ4v) is 6.61. The van der Waals surface area contributed by atoms with Gasteiger partial charge >= 0.3 is 11.9 Å². The molecule has 2 saturated heterocycles. The lowest BCUT2D eigenvalue weighted by atomic mass is 9.98. The van der Waals surface area contributed by atoms with E-state index in [1.54, 1.807) is 0 Å². The molecule has 0 amide bonds. The zero-order valence-electron chi connectivity index (χ0n) is 38.4. The van der Waals surface area contributed by atoms with Crippen LogP contribution in [0.15, 0.2) is 97.2 Å². The normalized spacial score (nSPS) is 27.3. The average Bonchev–Trinajstić information content (AvgIpc) is 3.30. The molecule has 0 bridgehead atoms. The van der Waals surface area contributed by atoms with Crippen molar-refractivity contribution in [3.63, 3.8) is 0 Å². The van der Waals surface area contributed by atoms with E-state index >= 15 is 0 Å². The first-order chi connectivity index (χ1) is 31.5. The lowest BCUT2D eigenvalue weighted by Gasteiger charge is -2.42. The standard InChI is InChI=1S/C50H78O15/c1-3-5-7-9-11-13-15-17-18-19-21-22-24-26-28-30-32-41(52)60-35-38(63-42(53)33-31-29-27-25-23-20-16-14-12-10-8-6-4-2)36-61-49-48(59)46(57)44(55)40(65-49)37-62-50-47(58)45(56)43(54)39(34-51)64-50/h5-8,10-14,16-18,20,23,25,27,38-40,43-51,54-59H,3-4,9,15,19,21-22,24,26,28-37H2,1-2H3/b7-5+,8-6+,12-10+,13-11+,16-14+,18-17+,23-20+,27-25+/t38?,39-,40-,43+,44+,45?,46?,47?,48?,49-,50-/m1/s1. The molecule has 15 nitrogen and oxygen atoms in total. The predicted molar refractivity (Wildman–Crippen MR) is 247 cm³/mol. The van der Waals surface area contributed by atoms with Crippen molar-refractivity contribution in [1.82, 2.24) is 0 Å². The van der Waals surface area contributed by atoms with Crippen LogP contribution < -0.4 is 0 Å². The second kappa shape index (κ2) is 36.5. The summed E-state index contributed by atoms with van der Waals surface area (Å²) in [6.07, 6.45) is 27.4. The third-order valence-corrected chi connectivity index (χ3v) is 10.4. The van der Waals surface area contributed by atoms with E-state index in [0.29, 0.717) is 19.3 Å². The number of unbranched alkanes of at least 4 members (excludes halogenated alkanes) is 7. The van der Waals surface area contributed by atoms with E-state index in [9.17, 15) is 45.3 Å². The molecule has 0 saturated carbocycles. The van der Waals surface area contributed by atoms with Gasteiger partial charge in [-0.2, -0.15) is 0 Å². The molecule has 2 rings (SSSR count). The SMILES string of the molecule is CC/C=C/C=C/C=C/C=C/C=C/CCCC(=O)OC(COC(=O)CCCCCCCC/C=C/C/C=C/C/C=C/CC)CO[C@@H]1O[C@H](CO[C@@H]2O[C@H](CO)[C@H](O)C(O)C2O)[C@H](O)C(O)C1O. The van der Waals surface area contributed by atoms with Crippen molar-refractivity contribution in [1.29, 1.82) is 0 Å². The van der Waals surface area contributed by atoms with Crippen molar-refractivity contribution in [2.45, 2.75) is 178 Å². The Morgan fingerprint density at radius 2 is 1.02 bits per heavy atom. The van der Waals surface area contributed by atoms with Gasteiger partial charge in [0, 0.05) is 12.8 Å². The molecule has 0 aliphatic carbocycles. The number of aliphatic hydroxyl groups excluding tert-OH is 7. The van der Waals surface area contributed by atoms with Gasteiger partial charge in [-0.05, 0) is 57.8 Å². The summed E-state index contributed by atoms with van der Waals surface area (Å²) in [7, 11) is 0. The van der Waals surface area contributed by atoms with Crippen molar-refractivity contribution in [2.24, 2.45) is 0 Å². The molecule has 0 aromatic heterocycles. The Morgan fingerprint density at radius 3 is 1.66 bits per heavy atom. The van der Waals surface area contributed by atoms with Crippen molar-refractivity contribution in [3.8, 4) is 0 Å². The minimum atomic E-state index is -1.79. The minimum Gasteiger partial charge on any atom is -0.462 e. The van der Waals surface area contributed by atoms with E-state index in [4.69, 9.17) is 28.4 Å². The number of carbonyl (C=O) groups is 2. The van der Waals surface area contributed by atoms with Crippen LogP contribution >= 0.6 is 0 Å². The van der Waals surface area contributed by atoms with Crippen molar-refractivity contribution >= 4 is 11.9 Å². The molecule has 65 heavy (non-hydrogen) atoms. The second-order valence-corrected chi connectivity index (χ2v) is 15.9. The molecular formula is C50H78O15. The van der Waals surface area contributed by atoms with E-state index in [-0.39, 0.29) is 19.4 Å². The van der Waals surface area contributed by atoms with Gasteiger partial charge in [-0.15, -0.1) is 0 Å². The van der Waals surface area contributed by atoms with Crippen LogP contribution in [-0.4, -0.2) is 142 Å². The highest BCUT2D eigenvalue weighted by molar-refractivity contribution is 5.70. The maximum atomic E-state index is 12.9. The molecule has 2 aliphatic rings. The lowest BCUT2D eigenvalue weighted by molar-refractivity contribution is -0.332. The van der Waals surface area contributed by atoms with Crippen LogP contribution in [-0.2, 0) is 38.0 Å². The Labute approximate surface area is 386 Å². The van der Waals surface area contributed by atoms with Gasteiger partial charge < -0.3 is 64.2 Å². The highest BCUT2D eigenvalue weighted by Crippen LogP contribution is 2.26. The Hall–Kier alpha value is -3.58. The Bertz CT molecular complexity index is 1500. The highest BCUT2D eigenvalue weighted by Gasteiger charge is 2.47. The largest absolute Gasteiger partial charge is 0.462 e. The molecule has 0 aromatic rings. The number of ether oxygens (including phenoxy) is 6. The number of esters is 2. The minimum absolute atomic E-state index is 0.0597. The summed E-state index contributed by atoms with van der Waals surface area (Å²) in [6, 6.07) is 0. The number of allylic oxidation sites excluding steroid dienone is 16. The highest BCUT2D eigenvalue weighted by atomic mass is 16.7. The third kappa shape index (κ3) is 25.2. The van der Waals surface area contributed by atoms with Crippen LogP contribution in [0.2, 0.25) is 0 Å². The average molecular weight is 919 g/mol. The van der Waals surface area contributed by atoms with Crippen LogP contribution in [0, 0.1) is 0 Å². The molecule has 368 valence electrons. The van der Waals surface area contributed by atoms with Crippen molar-refractivity contribution < 1.29 is 73.8 Å². The molecule has 15 heteroatoms. The summed E-state index contributed by atoms with van der Waals surface area (Å²) in [5.41, 5.74) is 0. The van der Waals surface area contributed by atoms with E-state index in [2.05, 4.69) is 56.4 Å². The van der Waals surface area contributed by atoms with Gasteiger partial charge in [-0.1, -0.05) is 137 Å². The van der Waals surface area contributed by atoms with Crippen LogP contribution in [0.25, 0.3) is 0 Å². The summed E-state index contributed by atoms with van der Waals surface area (Å²) in [4.78, 5) is 25.6. The topological polar surface area (TPSA) is 231 Å². The molecule has 0 radical (unpaired) electrons. The fraction of sp³-hybridized carbons (Fsp3) is 0.640. The molecule has 2 fully saturated rings. The van der Waals surface area contributed by atoms with Gasteiger partial charge in [0.15, 0.2) is 18.7 Å². The maximum absolute atomic E-state index is 12.9. The lowest BCUT2D eigenvalue weighted by Crippen LogP contribution is -2.61. The molecule has 7 N–H and O–H groups in total. The van der Waals surface area contributed by atoms with Gasteiger partial charge in [0.05, 0.1) is 19.8 Å². The molecular weight excluding hydrogens is 841 g/mol. The van der Waals surface area contributed by atoms with E-state index in [0.717, 1.165) is 64.2 Å². The Kier molecular flexibility index (Phi) is 32.3. The first-order valence-corrected chi connectivity index (χ1v) is 23.4. The van der Waals surface area contributed by atoms with Crippen LogP contribution in [0.4, 0.5) is 0 Å². The second-order valence-electron chi connectivity index (χ2n) is 15.9. The van der Waals surface area contributed by atoms with Gasteiger partial charge in [0.25, 0.3) is 0 Å². The first-order valence-electron chi connectivity index (χ1n) is 23.4. The summed E-state index contributed by atoms with van der Waals surface area (Å²) < 4.78 is 33.4. The Morgan fingerprint density at radius 1 is 0.508 bits per heavy atom. The zero-order chi connectivity index (χ0) is 47.5. The van der Waals surface area contributed by atoms with Crippen LogP contribution in [0.1, 0.15) is 110 Å². The van der Waals surface area contributed by atoms with Crippen molar-refractivity contribution in [3.05, 3.63) is 97.2 Å². The molecule has 5 unspecified atom stereocenters. The summed E-state index contributed by atoms with van der Waals surface area (Å²) >= 11 is 0. The summed E-state index contributed by atoms with van der Waals surface area (Å²) in [5.74, 6) is -1.04. The quantitative estimate of drug-likeness (QED) is 0.0189. The van der Waals surface area contributed by atoms with Gasteiger partial charge in [-0.25, -0.2) is 0 Å². The van der Waals surface area contributed by atoms with E-state index in [1.165, 1.54) is 0 Å². The zero-order valence-corrected chi connectivity index (χ0v) is 38.4. The fourth-order valence-electron chi connectivity index (χ4n) is 6.61. The van der Waals surface area contributed by atoms with Crippen molar-refractivity contribution in [2.75, 3.05) is 26.4 Å². The van der Waals surface area contributed by atoms with Gasteiger partial charge in [0.2, 0.25) is 0 Å². The molecule has 0 spiro atoms. The maximum Gasteiger partial charge on any atom is 0.306 e. The molecule has 2 heterocycles. The number of carbonyl (C=O) groups excluding carboxylic acids is 2.